The lowest BCUT2D eigenvalue weighted by Crippen LogP contribution is -2.08. The van der Waals surface area contributed by atoms with E-state index in [9.17, 15) is 4.79 Å². The van der Waals surface area contributed by atoms with Gasteiger partial charge in [0.2, 0.25) is 0 Å². The van der Waals surface area contributed by atoms with Crippen molar-refractivity contribution < 1.29 is 0 Å². The zero-order valence-corrected chi connectivity index (χ0v) is 11.8. The first-order chi connectivity index (χ1) is 9.65. The van der Waals surface area contributed by atoms with Gasteiger partial charge in [0, 0.05) is 11.1 Å². The van der Waals surface area contributed by atoms with Crippen molar-refractivity contribution in [3.63, 3.8) is 0 Å². The molecule has 1 heterocycles. The van der Waals surface area contributed by atoms with Gasteiger partial charge < -0.3 is 4.98 Å². The van der Waals surface area contributed by atoms with Crippen molar-refractivity contribution in [2.75, 3.05) is 0 Å². The molecule has 1 aromatic heterocycles. The van der Waals surface area contributed by atoms with Gasteiger partial charge in [-0.15, -0.1) is 11.6 Å². The highest BCUT2D eigenvalue weighted by Crippen LogP contribution is 2.30. The molecule has 0 aliphatic carbocycles. The Labute approximate surface area is 122 Å². The van der Waals surface area contributed by atoms with Crippen LogP contribution in [0.25, 0.3) is 10.9 Å². The normalized spacial score (nSPS) is 12.5. The van der Waals surface area contributed by atoms with Crippen LogP contribution < -0.4 is 5.56 Å². The molecule has 0 spiro atoms. The van der Waals surface area contributed by atoms with E-state index >= 15 is 0 Å². The Kier molecular flexibility index (Phi) is 3.33. The monoisotopic (exact) mass is 283 g/mol. The van der Waals surface area contributed by atoms with E-state index in [1.165, 1.54) is 0 Å². The van der Waals surface area contributed by atoms with E-state index in [0.717, 1.165) is 22.0 Å². The molecule has 1 unspecified atom stereocenters. The number of rotatable bonds is 2. The van der Waals surface area contributed by atoms with Crippen molar-refractivity contribution >= 4 is 22.5 Å². The molecule has 2 nitrogen and oxygen atoms in total. The zero-order chi connectivity index (χ0) is 14.1. The van der Waals surface area contributed by atoms with Crippen LogP contribution in [0.4, 0.5) is 0 Å². The minimum Gasteiger partial charge on any atom is -0.322 e. The smallest absolute Gasteiger partial charge is 0.251 e. The van der Waals surface area contributed by atoms with E-state index in [4.69, 9.17) is 11.6 Å². The van der Waals surface area contributed by atoms with Gasteiger partial charge in [-0.1, -0.05) is 36.4 Å². The van der Waals surface area contributed by atoms with Crippen LogP contribution in [-0.4, -0.2) is 4.98 Å². The van der Waals surface area contributed by atoms with E-state index in [1.807, 2.05) is 54.6 Å². The molecule has 100 valence electrons. The summed E-state index contributed by atoms with van der Waals surface area (Å²) in [6.45, 7) is 1.81. The molecule has 0 aliphatic heterocycles. The SMILES string of the molecule is Cc1cc2cc(C(Cl)c3ccccc3)ccc2[nH]c1=O. The second-order valence-electron chi connectivity index (χ2n) is 4.90. The maximum absolute atomic E-state index is 11.6. The zero-order valence-electron chi connectivity index (χ0n) is 11.1. The third-order valence-electron chi connectivity index (χ3n) is 3.44. The summed E-state index contributed by atoms with van der Waals surface area (Å²) in [5.41, 5.74) is 3.59. The first-order valence-electron chi connectivity index (χ1n) is 6.48. The Balaban J connectivity index is 2.09. The third kappa shape index (κ3) is 2.35. The number of alkyl halides is 1. The summed E-state index contributed by atoms with van der Waals surface area (Å²) >= 11 is 6.53. The molecule has 0 fully saturated rings. The van der Waals surface area contributed by atoms with E-state index in [0.29, 0.717) is 5.56 Å². The molecule has 0 saturated heterocycles. The van der Waals surface area contributed by atoms with Gasteiger partial charge in [-0.2, -0.15) is 0 Å². The fraction of sp³-hybridized carbons (Fsp3) is 0.118. The van der Waals surface area contributed by atoms with Crippen molar-refractivity contribution in [3.05, 3.63) is 81.6 Å². The molecule has 0 bridgehead atoms. The van der Waals surface area contributed by atoms with Gasteiger partial charge >= 0.3 is 0 Å². The number of benzene rings is 2. The molecule has 0 radical (unpaired) electrons. The largest absolute Gasteiger partial charge is 0.322 e. The Morgan fingerprint density at radius 3 is 2.50 bits per heavy atom. The van der Waals surface area contributed by atoms with Crippen LogP contribution >= 0.6 is 11.6 Å². The minimum absolute atomic E-state index is 0.0456. The van der Waals surface area contributed by atoms with Crippen molar-refractivity contribution in [1.82, 2.24) is 4.98 Å². The number of hydrogen-bond donors (Lipinski definition) is 1. The number of aromatic nitrogens is 1. The number of fused-ring (bicyclic) bond motifs is 1. The lowest BCUT2D eigenvalue weighted by molar-refractivity contribution is 1.14. The predicted octanol–water partition coefficient (Wildman–Crippen LogP) is 4.16. The average molecular weight is 284 g/mol. The number of hydrogen-bond acceptors (Lipinski definition) is 1. The summed E-state index contributed by atoms with van der Waals surface area (Å²) in [6.07, 6.45) is 0. The number of pyridine rings is 1. The highest BCUT2D eigenvalue weighted by atomic mass is 35.5. The molecular formula is C17H14ClNO. The molecule has 0 amide bonds. The van der Waals surface area contributed by atoms with Crippen LogP contribution in [0.1, 0.15) is 22.1 Å². The Morgan fingerprint density at radius 2 is 1.75 bits per heavy atom. The lowest BCUT2D eigenvalue weighted by Gasteiger charge is -2.11. The van der Waals surface area contributed by atoms with Crippen LogP contribution in [0.3, 0.4) is 0 Å². The molecule has 0 saturated carbocycles. The first-order valence-corrected chi connectivity index (χ1v) is 6.91. The summed E-state index contributed by atoms with van der Waals surface area (Å²) < 4.78 is 0. The van der Waals surface area contributed by atoms with E-state index in [-0.39, 0.29) is 10.9 Å². The van der Waals surface area contributed by atoms with Crippen LogP contribution in [-0.2, 0) is 0 Å². The van der Waals surface area contributed by atoms with Gasteiger partial charge in [0.15, 0.2) is 0 Å². The van der Waals surface area contributed by atoms with Crippen molar-refractivity contribution in [2.24, 2.45) is 0 Å². The molecular weight excluding hydrogens is 270 g/mol. The summed E-state index contributed by atoms with van der Waals surface area (Å²) in [6, 6.07) is 17.7. The van der Waals surface area contributed by atoms with Crippen molar-refractivity contribution in [1.29, 1.82) is 0 Å². The van der Waals surface area contributed by atoms with Crippen molar-refractivity contribution in [3.8, 4) is 0 Å². The van der Waals surface area contributed by atoms with Crippen LogP contribution in [0.2, 0.25) is 0 Å². The predicted molar refractivity (Wildman–Crippen MR) is 83.4 cm³/mol. The second-order valence-corrected chi connectivity index (χ2v) is 5.34. The molecule has 3 aromatic rings. The fourth-order valence-corrected chi connectivity index (χ4v) is 2.59. The van der Waals surface area contributed by atoms with Gasteiger partial charge in [-0.3, -0.25) is 4.79 Å². The number of aryl methyl sites for hydroxylation is 1. The summed E-state index contributed by atoms with van der Waals surface area (Å²) in [5, 5.41) is 0.814. The number of aromatic amines is 1. The summed E-state index contributed by atoms with van der Waals surface area (Å²) in [7, 11) is 0. The lowest BCUT2D eigenvalue weighted by atomic mass is 10.0. The average Bonchev–Trinajstić information content (AvgIpc) is 2.48. The maximum atomic E-state index is 11.6. The maximum Gasteiger partial charge on any atom is 0.251 e. The standard InChI is InChI=1S/C17H14ClNO/c1-11-9-14-10-13(7-8-15(14)19-17(11)20)16(18)12-5-3-2-4-6-12/h2-10,16H,1H3,(H,19,20). The van der Waals surface area contributed by atoms with Gasteiger partial charge in [0.05, 0.1) is 5.38 Å². The van der Waals surface area contributed by atoms with E-state index < -0.39 is 0 Å². The van der Waals surface area contributed by atoms with Crippen molar-refractivity contribution in [2.45, 2.75) is 12.3 Å². The minimum atomic E-state index is -0.187. The third-order valence-corrected chi connectivity index (χ3v) is 3.94. The van der Waals surface area contributed by atoms with Crippen LogP contribution in [0, 0.1) is 6.92 Å². The van der Waals surface area contributed by atoms with E-state index in [1.54, 1.807) is 6.92 Å². The summed E-state index contributed by atoms with van der Waals surface area (Å²) in [5.74, 6) is 0. The first kappa shape index (κ1) is 12.9. The quantitative estimate of drug-likeness (QED) is 0.704. The van der Waals surface area contributed by atoms with Crippen LogP contribution in [0.15, 0.2) is 59.4 Å². The molecule has 1 atom stereocenters. The highest BCUT2D eigenvalue weighted by Gasteiger charge is 2.11. The van der Waals surface area contributed by atoms with Gasteiger partial charge in [-0.05, 0) is 41.6 Å². The highest BCUT2D eigenvalue weighted by molar-refractivity contribution is 6.22. The number of halogens is 1. The molecule has 1 N–H and O–H groups in total. The fourth-order valence-electron chi connectivity index (χ4n) is 2.31. The number of nitrogens with one attached hydrogen (secondary N) is 1. The molecule has 20 heavy (non-hydrogen) atoms. The summed E-state index contributed by atoms with van der Waals surface area (Å²) in [4.78, 5) is 14.5. The van der Waals surface area contributed by atoms with Gasteiger partial charge in [-0.25, -0.2) is 0 Å². The molecule has 3 heteroatoms. The molecule has 2 aromatic carbocycles. The van der Waals surface area contributed by atoms with Crippen LogP contribution in [0.5, 0.6) is 0 Å². The number of H-pyrrole nitrogens is 1. The molecule has 0 aliphatic rings. The van der Waals surface area contributed by atoms with Gasteiger partial charge in [0.25, 0.3) is 5.56 Å². The molecule has 3 rings (SSSR count). The Bertz CT molecular complexity index is 808. The van der Waals surface area contributed by atoms with Gasteiger partial charge in [0.1, 0.15) is 0 Å². The topological polar surface area (TPSA) is 32.9 Å². The Morgan fingerprint density at radius 1 is 1.00 bits per heavy atom. The Hall–Kier alpha value is -2.06. The second kappa shape index (κ2) is 5.14. The van der Waals surface area contributed by atoms with E-state index in [2.05, 4.69) is 4.98 Å².